The third-order valence-corrected chi connectivity index (χ3v) is 9.48. The van der Waals surface area contributed by atoms with Crippen LogP contribution in [0.3, 0.4) is 0 Å². The lowest BCUT2D eigenvalue weighted by atomic mass is 9.85. The molecule has 0 aliphatic heterocycles. The summed E-state index contributed by atoms with van der Waals surface area (Å²) in [4.78, 5) is 37.4. The van der Waals surface area contributed by atoms with Gasteiger partial charge in [-0.15, -0.1) is 0 Å². The van der Waals surface area contributed by atoms with E-state index in [0.717, 1.165) is 0 Å². The van der Waals surface area contributed by atoms with Crippen LogP contribution in [0.15, 0.2) is 94.5 Å². The Balaban J connectivity index is 1.44. The van der Waals surface area contributed by atoms with Crippen LogP contribution < -0.4 is 11.1 Å². The van der Waals surface area contributed by atoms with Gasteiger partial charge in [0.2, 0.25) is 0 Å². The molecule has 0 bridgehead atoms. The standard InChI is InChI=1S/C36H14F2N4O2/c37-21-13-19-28-18(35(43)42-26-8-4-2-6-24(26)40-34(19)42)12-10-16-30-22(38)14-20-27-17(11-9-15(31(27)30)29(21)32(16)28)33-39-23-5-1-3-7-25(23)41(33)36(20)44/h1-14H. The average molecular weight is 573 g/mol. The number of pyridine rings is 2. The van der Waals surface area contributed by atoms with Crippen molar-refractivity contribution in [2.75, 3.05) is 0 Å². The van der Waals surface area contributed by atoms with Gasteiger partial charge in [0.1, 0.15) is 22.9 Å². The lowest BCUT2D eigenvalue weighted by Gasteiger charge is -2.19. The van der Waals surface area contributed by atoms with E-state index in [-0.39, 0.29) is 27.3 Å². The summed E-state index contributed by atoms with van der Waals surface area (Å²) in [6.07, 6.45) is 0. The van der Waals surface area contributed by atoms with Crippen LogP contribution in [0.1, 0.15) is 0 Å². The smallest absolute Gasteiger partial charge is 0.264 e. The maximum atomic E-state index is 16.6. The topological polar surface area (TPSA) is 68.7 Å². The molecule has 0 atom stereocenters. The van der Waals surface area contributed by atoms with Crippen molar-refractivity contribution < 1.29 is 8.78 Å². The van der Waals surface area contributed by atoms with Gasteiger partial charge in [0.25, 0.3) is 11.1 Å². The second-order valence-electron chi connectivity index (χ2n) is 11.5. The Kier molecular flexibility index (Phi) is 3.65. The molecule has 0 amide bonds. The number of hydrogen-bond donors (Lipinski definition) is 0. The highest BCUT2D eigenvalue weighted by Gasteiger charge is 2.27. The number of fused-ring (bicyclic) bond motifs is 10. The molecule has 4 aromatic heterocycles. The Labute approximate surface area is 242 Å². The Morgan fingerprint density at radius 2 is 0.909 bits per heavy atom. The lowest BCUT2D eigenvalue weighted by Crippen LogP contribution is -2.14. The second-order valence-corrected chi connectivity index (χ2v) is 11.5. The van der Waals surface area contributed by atoms with Gasteiger partial charge < -0.3 is 0 Å². The average Bonchev–Trinajstić information content (AvgIpc) is 3.62. The zero-order valence-electron chi connectivity index (χ0n) is 22.4. The molecule has 11 rings (SSSR count). The molecule has 8 heteroatoms. The minimum Gasteiger partial charge on any atom is -0.268 e. The van der Waals surface area contributed by atoms with Crippen molar-refractivity contribution in [3.8, 4) is 0 Å². The van der Waals surface area contributed by atoms with Gasteiger partial charge in [-0.3, -0.25) is 18.4 Å². The number of halogens is 2. The summed E-state index contributed by atoms with van der Waals surface area (Å²) in [6, 6.07) is 24.3. The van der Waals surface area contributed by atoms with Gasteiger partial charge in [-0.1, -0.05) is 36.4 Å². The first kappa shape index (κ1) is 22.6. The molecule has 0 radical (unpaired) electrons. The zero-order valence-corrected chi connectivity index (χ0v) is 22.4. The van der Waals surface area contributed by atoms with E-state index in [0.29, 0.717) is 81.8 Å². The first-order chi connectivity index (χ1) is 21.5. The van der Waals surface area contributed by atoms with Crippen molar-refractivity contribution in [3.63, 3.8) is 0 Å². The lowest BCUT2D eigenvalue weighted by molar-refractivity contribution is 0.640. The Morgan fingerprint density at radius 3 is 1.52 bits per heavy atom. The molecule has 0 N–H and O–H groups in total. The fourth-order valence-electron chi connectivity index (χ4n) is 7.78. The van der Waals surface area contributed by atoms with Crippen molar-refractivity contribution in [2.45, 2.75) is 0 Å². The molecule has 0 saturated heterocycles. The fourth-order valence-corrected chi connectivity index (χ4v) is 7.78. The molecule has 6 nitrogen and oxygen atoms in total. The highest BCUT2D eigenvalue weighted by molar-refractivity contribution is 6.41. The first-order valence-electron chi connectivity index (χ1n) is 14.2. The summed E-state index contributed by atoms with van der Waals surface area (Å²) >= 11 is 0. The molecule has 0 fully saturated rings. The van der Waals surface area contributed by atoms with Gasteiger partial charge in [-0.25, -0.2) is 18.7 Å². The highest BCUT2D eigenvalue weighted by Crippen LogP contribution is 2.47. The maximum Gasteiger partial charge on any atom is 0.264 e. The molecule has 44 heavy (non-hydrogen) atoms. The predicted molar refractivity (Wildman–Crippen MR) is 170 cm³/mol. The zero-order chi connectivity index (χ0) is 29.2. The van der Waals surface area contributed by atoms with Crippen molar-refractivity contribution in [1.82, 2.24) is 18.8 Å². The highest BCUT2D eigenvalue weighted by atomic mass is 19.1. The van der Waals surface area contributed by atoms with Crippen molar-refractivity contribution >= 4 is 98.0 Å². The van der Waals surface area contributed by atoms with Crippen LogP contribution in [0.5, 0.6) is 0 Å². The molecule has 0 aliphatic rings. The van der Waals surface area contributed by atoms with E-state index in [1.54, 1.807) is 18.2 Å². The van der Waals surface area contributed by atoms with Crippen LogP contribution in [0.4, 0.5) is 8.78 Å². The number of imidazole rings is 2. The quantitative estimate of drug-likeness (QED) is 0.139. The summed E-state index contributed by atoms with van der Waals surface area (Å²) in [7, 11) is 0. The van der Waals surface area contributed by atoms with Gasteiger partial charge >= 0.3 is 0 Å². The van der Waals surface area contributed by atoms with E-state index in [1.165, 1.54) is 20.9 Å². The van der Waals surface area contributed by atoms with E-state index in [1.807, 2.05) is 54.6 Å². The van der Waals surface area contributed by atoms with Crippen molar-refractivity contribution in [1.29, 1.82) is 0 Å². The monoisotopic (exact) mass is 572 g/mol. The molecule has 0 saturated carbocycles. The maximum absolute atomic E-state index is 16.6. The number of nitrogens with zero attached hydrogens (tertiary/aromatic N) is 4. The molecule has 0 unspecified atom stereocenters. The van der Waals surface area contributed by atoms with E-state index in [4.69, 9.17) is 9.97 Å². The summed E-state index contributed by atoms with van der Waals surface area (Å²) in [6.45, 7) is 0. The van der Waals surface area contributed by atoms with E-state index < -0.39 is 11.6 Å². The van der Waals surface area contributed by atoms with E-state index >= 15 is 8.78 Å². The molecule has 0 spiro atoms. The molecule has 11 aromatic rings. The largest absolute Gasteiger partial charge is 0.268 e. The van der Waals surface area contributed by atoms with Crippen LogP contribution >= 0.6 is 0 Å². The third-order valence-electron chi connectivity index (χ3n) is 9.48. The number of hydrogen-bond acceptors (Lipinski definition) is 4. The molecule has 204 valence electrons. The number of benzene rings is 7. The Bertz CT molecular complexity index is 3200. The number of para-hydroxylation sites is 4. The fraction of sp³-hybridized carbons (Fsp3) is 0. The van der Waals surface area contributed by atoms with Crippen LogP contribution in [0.25, 0.3) is 98.0 Å². The van der Waals surface area contributed by atoms with Crippen molar-refractivity contribution in [3.05, 3.63) is 117 Å². The number of aromatic nitrogens is 4. The van der Waals surface area contributed by atoms with E-state index in [9.17, 15) is 9.59 Å². The van der Waals surface area contributed by atoms with Crippen molar-refractivity contribution in [2.24, 2.45) is 0 Å². The predicted octanol–water partition coefficient (Wildman–Crippen LogP) is 7.52. The SMILES string of the molecule is O=c1c2cc(F)c3c4ccc5c(=O)n6c7ccccc7nc6c6cc(F)c(c7ccc(c2c73)c2nc3ccccc3n12)c4c56. The van der Waals surface area contributed by atoms with E-state index in [2.05, 4.69) is 0 Å². The molecule has 4 heterocycles. The van der Waals surface area contributed by atoms with Gasteiger partial charge in [0, 0.05) is 48.5 Å². The van der Waals surface area contributed by atoms with Gasteiger partial charge in [0.05, 0.1) is 27.5 Å². The van der Waals surface area contributed by atoms with Gasteiger partial charge in [0.15, 0.2) is 0 Å². The summed E-state index contributed by atoms with van der Waals surface area (Å²) in [5, 5.41) is 5.27. The van der Waals surface area contributed by atoms with Crippen LogP contribution in [-0.2, 0) is 0 Å². The molecule has 7 aromatic carbocycles. The van der Waals surface area contributed by atoms with Crippen LogP contribution in [0.2, 0.25) is 0 Å². The van der Waals surface area contributed by atoms with Gasteiger partial charge in [-0.2, -0.15) is 0 Å². The van der Waals surface area contributed by atoms with Gasteiger partial charge in [-0.05, 0) is 59.3 Å². The summed E-state index contributed by atoms with van der Waals surface area (Å²) < 4.78 is 36.1. The van der Waals surface area contributed by atoms with Crippen LogP contribution in [-0.4, -0.2) is 18.8 Å². The summed E-state index contributed by atoms with van der Waals surface area (Å²) in [5.41, 5.74) is 2.72. The van der Waals surface area contributed by atoms with Crippen LogP contribution in [0, 0.1) is 11.6 Å². The summed E-state index contributed by atoms with van der Waals surface area (Å²) in [5.74, 6) is -1.10. The third kappa shape index (κ3) is 2.31. The normalized spacial score (nSPS) is 13.0. The minimum atomic E-state index is -0.590. The molecular formula is C36H14F2N4O2. The first-order valence-corrected chi connectivity index (χ1v) is 14.2. The Hall–Kier alpha value is -6.02. The minimum absolute atomic E-state index is 0.201. The Morgan fingerprint density at radius 1 is 0.455 bits per heavy atom. The molecular weight excluding hydrogens is 558 g/mol. The second kappa shape index (κ2) is 7.12. The number of rotatable bonds is 0. The molecule has 0 aliphatic carbocycles.